The van der Waals surface area contributed by atoms with Crippen LogP contribution in [0.4, 0.5) is 0 Å². The van der Waals surface area contributed by atoms with Gasteiger partial charge in [0.05, 0.1) is 0 Å². The van der Waals surface area contributed by atoms with Gasteiger partial charge in [-0.05, 0) is 32.5 Å². The molecule has 4 heteroatoms. The molecule has 0 aliphatic carbocycles. The minimum absolute atomic E-state index is 0.128. The van der Waals surface area contributed by atoms with E-state index in [1.165, 1.54) is 13.0 Å². The molecule has 0 fully saturated rings. The third-order valence-corrected chi connectivity index (χ3v) is 2.63. The van der Waals surface area contributed by atoms with Gasteiger partial charge in [-0.3, -0.25) is 4.79 Å². The maximum atomic E-state index is 10.9. The first-order valence-corrected chi connectivity index (χ1v) is 6.38. The zero-order valence-electron chi connectivity index (χ0n) is 11.0. The maximum absolute atomic E-state index is 10.9. The van der Waals surface area contributed by atoms with Crippen LogP contribution in [0.5, 0.6) is 0 Å². The van der Waals surface area contributed by atoms with Crippen molar-refractivity contribution in [1.29, 1.82) is 0 Å². The van der Waals surface area contributed by atoms with Crippen molar-refractivity contribution in [3.8, 4) is 0 Å². The Hall–Kier alpha value is -0.610. The topological polar surface area (TPSA) is 44.4 Å². The van der Waals surface area contributed by atoms with E-state index in [1.54, 1.807) is 7.05 Å². The van der Waals surface area contributed by atoms with E-state index in [0.717, 1.165) is 32.6 Å². The molecule has 0 heterocycles. The smallest absolute Gasteiger partial charge is 0.219 e. The van der Waals surface area contributed by atoms with E-state index < -0.39 is 0 Å². The predicted octanol–water partition coefficient (Wildman–Crippen LogP) is 0.834. The molecule has 0 radical (unpaired) electrons. The number of hydrogen-bond acceptors (Lipinski definition) is 3. The second-order valence-electron chi connectivity index (χ2n) is 3.96. The molecule has 0 spiro atoms. The second kappa shape index (κ2) is 10.9. The molecule has 0 atom stereocenters. The molecule has 96 valence electrons. The number of rotatable bonds is 10. The van der Waals surface area contributed by atoms with Crippen LogP contribution in [-0.2, 0) is 4.79 Å². The molecular weight excluding hydrogens is 202 g/mol. The molecule has 0 aromatic rings. The summed E-state index contributed by atoms with van der Waals surface area (Å²) in [6.07, 6.45) is 2.75. The number of carbonyl (C=O) groups excluding carboxylic acids is 1. The van der Waals surface area contributed by atoms with Crippen LogP contribution in [-0.4, -0.2) is 50.6 Å². The van der Waals surface area contributed by atoms with E-state index in [4.69, 9.17) is 0 Å². The van der Waals surface area contributed by atoms with Gasteiger partial charge in [0.25, 0.3) is 0 Å². The number of likely N-dealkylation sites (N-methyl/N-ethyl adjacent to an activating group) is 1. The highest BCUT2D eigenvalue weighted by molar-refractivity contribution is 5.75. The summed E-state index contributed by atoms with van der Waals surface area (Å²) in [5.74, 6) is 0.128. The van der Waals surface area contributed by atoms with Crippen molar-refractivity contribution in [3.05, 3.63) is 0 Å². The van der Waals surface area contributed by atoms with Crippen molar-refractivity contribution in [2.24, 2.45) is 0 Å². The van der Waals surface area contributed by atoms with Crippen LogP contribution < -0.4 is 10.6 Å². The third-order valence-electron chi connectivity index (χ3n) is 2.63. The normalized spacial score (nSPS) is 10.8. The van der Waals surface area contributed by atoms with Crippen molar-refractivity contribution >= 4 is 5.91 Å². The summed E-state index contributed by atoms with van der Waals surface area (Å²) in [6, 6.07) is 0. The molecule has 0 aliphatic rings. The van der Waals surface area contributed by atoms with Crippen LogP contribution in [0.2, 0.25) is 0 Å². The van der Waals surface area contributed by atoms with E-state index in [-0.39, 0.29) is 5.91 Å². The van der Waals surface area contributed by atoms with E-state index >= 15 is 0 Å². The van der Waals surface area contributed by atoms with Crippen molar-refractivity contribution in [3.63, 3.8) is 0 Å². The van der Waals surface area contributed by atoms with Gasteiger partial charge in [0, 0.05) is 26.6 Å². The number of amides is 1. The fourth-order valence-corrected chi connectivity index (χ4v) is 1.61. The quantitative estimate of drug-likeness (QED) is 0.546. The van der Waals surface area contributed by atoms with Gasteiger partial charge in [-0.25, -0.2) is 0 Å². The zero-order valence-corrected chi connectivity index (χ0v) is 11.0. The first-order valence-electron chi connectivity index (χ1n) is 6.38. The largest absolute Gasteiger partial charge is 0.359 e. The fraction of sp³-hybridized carbons (Fsp3) is 0.917. The summed E-state index contributed by atoms with van der Waals surface area (Å²) in [5.41, 5.74) is 0. The van der Waals surface area contributed by atoms with E-state index in [9.17, 15) is 4.79 Å². The summed E-state index contributed by atoms with van der Waals surface area (Å²) in [5, 5.41) is 5.99. The van der Waals surface area contributed by atoms with Crippen LogP contribution in [0.15, 0.2) is 0 Å². The molecule has 0 aliphatic heterocycles. The van der Waals surface area contributed by atoms with Gasteiger partial charge in [-0.1, -0.05) is 13.8 Å². The Morgan fingerprint density at radius 3 is 2.50 bits per heavy atom. The lowest BCUT2D eigenvalue weighted by molar-refractivity contribution is -0.120. The van der Waals surface area contributed by atoms with Crippen LogP contribution in [0.3, 0.4) is 0 Å². The average molecular weight is 229 g/mol. The highest BCUT2D eigenvalue weighted by Gasteiger charge is 2.00. The van der Waals surface area contributed by atoms with Crippen molar-refractivity contribution in [1.82, 2.24) is 15.5 Å². The van der Waals surface area contributed by atoms with Gasteiger partial charge >= 0.3 is 0 Å². The van der Waals surface area contributed by atoms with Gasteiger partial charge in [-0.15, -0.1) is 0 Å². The number of carbonyl (C=O) groups is 1. The molecule has 16 heavy (non-hydrogen) atoms. The SMILES string of the molecule is CCCN(CC)CCNCCCC(=O)NC. The lowest BCUT2D eigenvalue weighted by Crippen LogP contribution is -2.33. The highest BCUT2D eigenvalue weighted by Crippen LogP contribution is 1.90. The molecule has 0 aromatic carbocycles. The van der Waals surface area contributed by atoms with Crippen molar-refractivity contribution < 1.29 is 4.79 Å². The van der Waals surface area contributed by atoms with Gasteiger partial charge in [-0.2, -0.15) is 0 Å². The molecule has 0 saturated carbocycles. The minimum atomic E-state index is 0.128. The summed E-state index contributed by atoms with van der Waals surface area (Å²) in [7, 11) is 1.68. The average Bonchev–Trinajstić information content (AvgIpc) is 2.31. The standard InChI is InChI=1S/C12H27N3O/c1-4-10-15(5-2)11-9-14-8-6-7-12(16)13-3/h14H,4-11H2,1-3H3,(H,13,16). The van der Waals surface area contributed by atoms with Crippen LogP contribution >= 0.6 is 0 Å². The predicted molar refractivity (Wildman–Crippen MR) is 68.6 cm³/mol. The first-order chi connectivity index (χ1) is 7.74. The Labute approximate surface area is 99.8 Å². The highest BCUT2D eigenvalue weighted by atomic mass is 16.1. The first kappa shape index (κ1) is 15.4. The van der Waals surface area contributed by atoms with Crippen molar-refractivity contribution in [2.75, 3.05) is 39.8 Å². The second-order valence-corrected chi connectivity index (χ2v) is 3.96. The molecule has 0 rings (SSSR count). The van der Waals surface area contributed by atoms with E-state index in [1.807, 2.05) is 0 Å². The lowest BCUT2D eigenvalue weighted by Gasteiger charge is -2.19. The van der Waals surface area contributed by atoms with Gasteiger partial charge < -0.3 is 15.5 Å². The molecular formula is C12H27N3O. The van der Waals surface area contributed by atoms with E-state index in [2.05, 4.69) is 29.4 Å². The van der Waals surface area contributed by atoms with Gasteiger partial charge in [0.15, 0.2) is 0 Å². The van der Waals surface area contributed by atoms with Gasteiger partial charge in [0.2, 0.25) is 5.91 Å². The van der Waals surface area contributed by atoms with Crippen LogP contribution in [0.25, 0.3) is 0 Å². The molecule has 1 amide bonds. The van der Waals surface area contributed by atoms with E-state index in [0.29, 0.717) is 6.42 Å². The zero-order chi connectivity index (χ0) is 12.2. The number of hydrogen-bond donors (Lipinski definition) is 2. The molecule has 0 bridgehead atoms. The van der Waals surface area contributed by atoms with Crippen LogP contribution in [0, 0.1) is 0 Å². The Bertz CT molecular complexity index is 174. The van der Waals surface area contributed by atoms with Crippen LogP contribution in [0.1, 0.15) is 33.1 Å². The maximum Gasteiger partial charge on any atom is 0.219 e. The fourth-order valence-electron chi connectivity index (χ4n) is 1.61. The molecule has 0 aromatic heterocycles. The van der Waals surface area contributed by atoms with Gasteiger partial charge in [0.1, 0.15) is 0 Å². The number of nitrogens with zero attached hydrogens (tertiary/aromatic N) is 1. The summed E-state index contributed by atoms with van der Waals surface area (Å²) in [4.78, 5) is 13.4. The molecule has 0 unspecified atom stereocenters. The molecule has 0 saturated heterocycles. The number of nitrogens with one attached hydrogen (secondary N) is 2. The molecule has 2 N–H and O–H groups in total. The summed E-state index contributed by atoms with van der Waals surface area (Å²) >= 11 is 0. The Morgan fingerprint density at radius 1 is 1.19 bits per heavy atom. The minimum Gasteiger partial charge on any atom is -0.359 e. The monoisotopic (exact) mass is 229 g/mol. The summed E-state index contributed by atoms with van der Waals surface area (Å²) in [6.45, 7) is 9.74. The lowest BCUT2D eigenvalue weighted by atomic mass is 10.3. The Balaban J connectivity index is 3.28. The van der Waals surface area contributed by atoms with Crippen molar-refractivity contribution in [2.45, 2.75) is 33.1 Å². The Morgan fingerprint density at radius 2 is 1.94 bits per heavy atom. The Kier molecular flexibility index (Phi) is 10.5. The third kappa shape index (κ3) is 8.68. The summed E-state index contributed by atoms with van der Waals surface area (Å²) < 4.78 is 0. The molecule has 4 nitrogen and oxygen atoms in total.